The summed E-state index contributed by atoms with van der Waals surface area (Å²) in [6, 6.07) is 11.3. The molecule has 0 bridgehead atoms. The summed E-state index contributed by atoms with van der Waals surface area (Å²) in [7, 11) is 1.83. The molecule has 0 radical (unpaired) electrons. The Balaban J connectivity index is 2.13. The molecule has 3 aromatic rings. The van der Waals surface area contributed by atoms with Crippen LogP contribution in [0.5, 0.6) is 5.75 Å². The molecular weight excluding hydrogens is 336 g/mol. The van der Waals surface area contributed by atoms with Crippen molar-refractivity contribution in [2.75, 3.05) is 0 Å². The fraction of sp³-hybridized carbons (Fsp3) is 0.111. The maximum atomic E-state index is 11.0. The molecule has 0 fully saturated rings. The number of nitro groups is 1. The summed E-state index contributed by atoms with van der Waals surface area (Å²) < 4.78 is 1.74. The molecule has 8 nitrogen and oxygen atoms in total. The minimum atomic E-state index is -0.490. The third-order valence-corrected chi connectivity index (χ3v) is 4.07. The van der Waals surface area contributed by atoms with Gasteiger partial charge >= 0.3 is 0 Å². The Hall–Kier alpha value is -3.68. The SMILES string of the molecule is Cn1nccc1Cc1cc(C=NO)c(O)c(-c2cccc([N+](=O)[O-])c2)c1. The topological polar surface area (TPSA) is 114 Å². The van der Waals surface area contributed by atoms with E-state index in [4.69, 9.17) is 5.21 Å². The quantitative estimate of drug-likeness (QED) is 0.317. The summed E-state index contributed by atoms with van der Waals surface area (Å²) in [6.07, 6.45) is 3.35. The first-order valence-corrected chi connectivity index (χ1v) is 7.74. The number of aromatic nitrogens is 2. The zero-order valence-electron chi connectivity index (χ0n) is 13.9. The minimum absolute atomic E-state index is 0.0729. The highest BCUT2D eigenvalue weighted by molar-refractivity contribution is 5.89. The number of hydrogen-bond acceptors (Lipinski definition) is 6. The van der Waals surface area contributed by atoms with Crippen LogP contribution in [-0.2, 0) is 13.5 Å². The molecular formula is C18H16N4O4. The van der Waals surface area contributed by atoms with E-state index in [-0.39, 0.29) is 11.4 Å². The second-order valence-electron chi connectivity index (χ2n) is 5.76. The van der Waals surface area contributed by atoms with E-state index < -0.39 is 4.92 Å². The first kappa shape index (κ1) is 17.2. The van der Waals surface area contributed by atoms with Crippen LogP contribution in [0.25, 0.3) is 11.1 Å². The largest absolute Gasteiger partial charge is 0.507 e. The molecule has 0 aliphatic heterocycles. The van der Waals surface area contributed by atoms with E-state index in [0.29, 0.717) is 23.1 Å². The van der Waals surface area contributed by atoms with Gasteiger partial charge in [-0.15, -0.1) is 0 Å². The molecule has 8 heteroatoms. The minimum Gasteiger partial charge on any atom is -0.507 e. The van der Waals surface area contributed by atoms with Crippen LogP contribution in [0.4, 0.5) is 5.69 Å². The highest BCUT2D eigenvalue weighted by Gasteiger charge is 2.15. The highest BCUT2D eigenvalue weighted by Crippen LogP contribution is 2.35. The molecule has 2 aromatic carbocycles. The summed E-state index contributed by atoms with van der Waals surface area (Å²) >= 11 is 0. The molecule has 2 N–H and O–H groups in total. The lowest BCUT2D eigenvalue weighted by molar-refractivity contribution is -0.384. The van der Waals surface area contributed by atoms with Crippen LogP contribution in [0.2, 0.25) is 0 Å². The number of rotatable bonds is 5. The molecule has 1 aromatic heterocycles. The van der Waals surface area contributed by atoms with Crippen molar-refractivity contribution in [3.8, 4) is 16.9 Å². The first-order chi connectivity index (χ1) is 12.5. The average Bonchev–Trinajstić information content (AvgIpc) is 3.02. The molecule has 0 atom stereocenters. The van der Waals surface area contributed by atoms with Gasteiger partial charge in [-0.2, -0.15) is 5.10 Å². The van der Waals surface area contributed by atoms with Crippen molar-refractivity contribution in [3.63, 3.8) is 0 Å². The molecule has 0 saturated heterocycles. The number of phenolic OH excluding ortho intramolecular Hbond substituents is 1. The van der Waals surface area contributed by atoms with Gasteiger partial charge in [-0.25, -0.2) is 0 Å². The molecule has 1 heterocycles. The molecule has 0 unspecified atom stereocenters. The molecule has 26 heavy (non-hydrogen) atoms. The third kappa shape index (κ3) is 3.39. The van der Waals surface area contributed by atoms with Crippen LogP contribution in [0.15, 0.2) is 53.8 Å². The predicted molar refractivity (Wildman–Crippen MR) is 95.6 cm³/mol. The van der Waals surface area contributed by atoms with Gasteiger partial charge in [0.2, 0.25) is 0 Å². The maximum Gasteiger partial charge on any atom is 0.270 e. The molecule has 0 aliphatic carbocycles. The van der Waals surface area contributed by atoms with Gasteiger partial charge < -0.3 is 10.3 Å². The third-order valence-electron chi connectivity index (χ3n) is 4.07. The maximum absolute atomic E-state index is 11.0. The van der Waals surface area contributed by atoms with Crippen LogP contribution in [0, 0.1) is 10.1 Å². The van der Waals surface area contributed by atoms with Gasteiger partial charge in [0.25, 0.3) is 5.69 Å². The summed E-state index contributed by atoms with van der Waals surface area (Å²) in [5.74, 6) is -0.114. The van der Waals surface area contributed by atoms with E-state index in [0.717, 1.165) is 17.5 Å². The van der Waals surface area contributed by atoms with Gasteiger partial charge in [0.15, 0.2) is 0 Å². The van der Waals surface area contributed by atoms with Crippen LogP contribution in [0.3, 0.4) is 0 Å². The summed E-state index contributed by atoms with van der Waals surface area (Å²) in [5, 5.41) is 37.5. The second-order valence-corrected chi connectivity index (χ2v) is 5.76. The monoisotopic (exact) mass is 352 g/mol. The number of nitrogens with zero attached hydrogens (tertiary/aromatic N) is 4. The van der Waals surface area contributed by atoms with Gasteiger partial charge in [0, 0.05) is 48.6 Å². The van der Waals surface area contributed by atoms with E-state index in [1.807, 2.05) is 13.1 Å². The van der Waals surface area contributed by atoms with Gasteiger partial charge in [0.05, 0.1) is 11.1 Å². The van der Waals surface area contributed by atoms with E-state index in [1.54, 1.807) is 35.1 Å². The lowest BCUT2D eigenvalue weighted by Crippen LogP contribution is -2.00. The van der Waals surface area contributed by atoms with Crippen LogP contribution < -0.4 is 0 Å². The second kappa shape index (κ2) is 7.06. The summed E-state index contributed by atoms with van der Waals surface area (Å²) in [4.78, 5) is 10.5. The fourth-order valence-electron chi connectivity index (χ4n) is 2.77. The molecule has 132 valence electrons. The van der Waals surface area contributed by atoms with Gasteiger partial charge in [-0.3, -0.25) is 14.8 Å². The van der Waals surface area contributed by atoms with Crippen LogP contribution in [0.1, 0.15) is 16.8 Å². The summed E-state index contributed by atoms with van der Waals surface area (Å²) in [5.41, 5.74) is 2.94. The van der Waals surface area contributed by atoms with Crippen LogP contribution in [-0.4, -0.2) is 31.2 Å². The Morgan fingerprint density at radius 1 is 1.31 bits per heavy atom. The van der Waals surface area contributed by atoms with Gasteiger partial charge in [-0.05, 0) is 29.3 Å². The smallest absolute Gasteiger partial charge is 0.270 e. The van der Waals surface area contributed by atoms with Crippen molar-refractivity contribution < 1.29 is 15.2 Å². The fourth-order valence-corrected chi connectivity index (χ4v) is 2.77. The van der Waals surface area contributed by atoms with E-state index in [2.05, 4.69) is 10.3 Å². The highest BCUT2D eigenvalue weighted by atomic mass is 16.6. The zero-order chi connectivity index (χ0) is 18.7. The van der Waals surface area contributed by atoms with Crippen molar-refractivity contribution in [1.29, 1.82) is 0 Å². The number of non-ortho nitro benzene ring substituents is 1. The number of hydrogen-bond donors (Lipinski definition) is 2. The number of oxime groups is 1. The zero-order valence-corrected chi connectivity index (χ0v) is 13.9. The van der Waals surface area contributed by atoms with Crippen LogP contribution >= 0.6 is 0 Å². The Morgan fingerprint density at radius 2 is 2.12 bits per heavy atom. The van der Waals surface area contributed by atoms with Gasteiger partial charge in [0.1, 0.15) is 5.75 Å². The first-order valence-electron chi connectivity index (χ1n) is 7.74. The van der Waals surface area contributed by atoms with Crippen molar-refractivity contribution in [3.05, 3.63) is 75.6 Å². The number of aryl methyl sites for hydroxylation is 1. The Labute approximate surface area is 148 Å². The number of nitro benzene ring substituents is 1. The number of benzene rings is 2. The van der Waals surface area contributed by atoms with Crippen molar-refractivity contribution in [2.24, 2.45) is 12.2 Å². The van der Waals surface area contributed by atoms with Crippen molar-refractivity contribution >= 4 is 11.9 Å². The molecule has 0 saturated carbocycles. The standard InChI is InChI=1S/C18H16N4O4/c1-21-15(5-6-19-21)8-12-7-14(11-20-24)18(23)17(9-12)13-3-2-4-16(10-13)22(25)26/h2-7,9-11,23-24H,8H2,1H3. The van der Waals surface area contributed by atoms with E-state index in [9.17, 15) is 15.2 Å². The van der Waals surface area contributed by atoms with Crippen molar-refractivity contribution in [2.45, 2.75) is 6.42 Å². The number of aromatic hydroxyl groups is 1. The van der Waals surface area contributed by atoms with Gasteiger partial charge in [-0.1, -0.05) is 17.3 Å². The Morgan fingerprint density at radius 3 is 2.77 bits per heavy atom. The summed E-state index contributed by atoms with van der Waals surface area (Å²) in [6.45, 7) is 0. The Kier molecular flexibility index (Phi) is 4.66. The lowest BCUT2D eigenvalue weighted by Gasteiger charge is -2.11. The number of phenols is 1. The van der Waals surface area contributed by atoms with Crippen molar-refractivity contribution in [1.82, 2.24) is 9.78 Å². The molecule has 0 spiro atoms. The Bertz CT molecular complexity index is 995. The molecule has 3 rings (SSSR count). The molecule has 0 aliphatic rings. The normalized spacial score (nSPS) is 11.1. The van der Waals surface area contributed by atoms with E-state index >= 15 is 0 Å². The average molecular weight is 352 g/mol. The predicted octanol–water partition coefficient (Wildman–Crippen LogP) is 3.10. The van der Waals surface area contributed by atoms with E-state index in [1.165, 1.54) is 12.1 Å². The lowest BCUT2D eigenvalue weighted by atomic mass is 9.96. The molecule has 0 amide bonds.